The molecule has 4 aromatic rings. The van der Waals surface area contributed by atoms with Crippen molar-refractivity contribution in [1.82, 2.24) is 15.0 Å². The van der Waals surface area contributed by atoms with Crippen LogP contribution in [0.2, 0.25) is 0 Å². The molecule has 0 bridgehead atoms. The number of imidazole rings is 1. The number of hydrogen-bond acceptors (Lipinski definition) is 6. The van der Waals surface area contributed by atoms with Crippen LogP contribution in [0, 0.1) is 0 Å². The van der Waals surface area contributed by atoms with Crippen molar-refractivity contribution < 1.29 is 14.2 Å². The number of rotatable bonds is 8. The molecule has 0 unspecified atom stereocenters. The molecule has 9 heteroatoms. The normalized spacial score (nSPS) is 10.1. The van der Waals surface area contributed by atoms with Crippen molar-refractivity contribution in [3.8, 4) is 17.2 Å². The van der Waals surface area contributed by atoms with Gasteiger partial charge in [0.15, 0.2) is 16.7 Å². The maximum absolute atomic E-state index is 5.87. The van der Waals surface area contributed by atoms with E-state index in [1.807, 2.05) is 54.6 Å². The fourth-order valence-electron chi connectivity index (χ4n) is 2.85. The summed E-state index contributed by atoms with van der Waals surface area (Å²) < 4.78 is 16.6. The molecule has 0 aliphatic rings. The van der Waals surface area contributed by atoms with Gasteiger partial charge in [0.2, 0.25) is 0 Å². The number of nitrogens with zero attached hydrogens (tertiary/aromatic N) is 2. The van der Waals surface area contributed by atoms with Gasteiger partial charge in [-0.05, 0) is 17.7 Å². The van der Waals surface area contributed by atoms with Crippen molar-refractivity contribution >= 4 is 47.6 Å². The maximum Gasteiger partial charge on any atom is 0.179 e. The van der Waals surface area contributed by atoms with Crippen LogP contribution in [0.3, 0.4) is 0 Å². The summed E-state index contributed by atoms with van der Waals surface area (Å²) in [6.45, 7) is 0.468. The topological polar surface area (TPSA) is 69.3 Å². The Hall–Kier alpha value is -2.61. The fourth-order valence-corrected chi connectivity index (χ4v) is 3.64. The highest BCUT2D eigenvalue weighted by Gasteiger charge is 2.10. The maximum atomic E-state index is 5.87. The summed E-state index contributed by atoms with van der Waals surface area (Å²) >= 11 is 1.58. The lowest BCUT2D eigenvalue weighted by molar-refractivity contribution is 0.283. The molecule has 0 atom stereocenters. The SMILES string of the molecule is COc1ccc2nc(SCc3cc(OC)c(OCc4ccccc4)cn3)[nH]c2c1.Cl.Cl. The van der Waals surface area contributed by atoms with Crippen molar-refractivity contribution in [2.24, 2.45) is 0 Å². The van der Waals surface area contributed by atoms with Gasteiger partial charge in [-0.2, -0.15) is 0 Å². The van der Waals surface area contributed by atoms with E-state index in [2.05, 4.69) is 15.0 Å². The van der Waals surface area contributed by atoms with Gasteiger partial charge in [-0.1, -0.05) is 42.1 Å². The number of aromatic nitrogens is 3. The zero-order valence-corrected chi connectivity index (χ0v) is 19.5. The van der Waals surface area contributed by atoms with E-state index in [0.717, 1.165) is 33.2 Å². The second-order valence-corrected chi connectivity index (χ2v) is 7.28. The first-order chi connectivity index (χ1) is 14.2. The first kappa shape index (κ1) is 24.7. The summed E-state index contributed by atoms with van der Waals surface area (Å²) in [5.74, 6) is 2.75. The third kappa shape index (κ3) is 6.19. The third-order valence-electron chi connectivity index (χ3n) is 4.37. The Bertz CT molecular complexity index is 1110. The molecule has 0 saturated carbocycles. The van der Waals surface area contributed by atoms with Gasteiger partial charge < -0.3 is 19.2 Å². The summed E-state index contributed by atoms with van der Waals surface area (Å²) in [6.07, 6.45) is 1.71. The lowest BCUT2D eigenvalue weighted by Crippen LogP contribution is -1.99. The number of pyridine rings is 1. The van der Waals surface area contributed by atoms with Gasteiger partial charge in [0.1, 0.15) is 12.4 Å². The first-order valence-electron chi connectivity index (χ1n) is 9.11. The minimum absolute atomic E-state index is 0. The predicted molar refractivity (Wildman–Crippen MR) is 128 cm³/mol. The number of halogens is 2. The number of methoxy groups -OCH3 is 2. The molecule has 0 spiro atoms. The average molecular weight is 480 g/mol. The van der Waals surface area contributed by atoms with Gasteiger partial charge in [0.05, 0.1) is 37.1 Å². The van der Waals surface area contributed by atoms with Gasteiger partial charge in [0, 0.05) is 17.9 Å². The number of fused-ring (bicyclic) bond motifs is 1. The Morgan fingerprint density at radius 2 is 1.74 bits per heavy atom. The highest BCUT2D eigenvalue weighted by molar-refractivity contribution is 7.98. The minimum Gasteiger partial charge on any atom is -0.497 e. The molecule has 1 N–H and O–H groups in total. The molecule has 2 heterocycles. The Labute approximate surface area is 197 Å². The quantitative estimate of drug-likeness (QED) is 0.327. The van der Waals surface area contributed by atoms with E-state index in [1.165, 1.54) is 0 Å². The summed E-state index contributed by atoms with van der Waals surface area (Å²) in [4.78, 5) is 12.4. The van der Waals surface area contributed by atoms with E-state index in [-0.39, 0.29) is 24.8 Å². The Balaban J connectivity index is 0.00000171. The molecule has 31 heavy (non-hydrogen) atoms. The fraction of sp³-hybridized carbons (Fsp3) is 0.182. The number of nitrogens with one attached hydrogen (secondary N) is 1. The molecule has 0 aliphatic heterocycles. The number of aromatic amines is 1. The molecular formula is C22H23Cl2N3O3S. The van der Waals surface area contributed by atoms with Crippen LogP contribution in [0.5, 0.6) is 17.2 Å². The van der Waals surface area contributed by atoms with Crippen LogP contribution < -0.4 is 14.2 Å². The van der Waals surface area contributed by atoms with Crippen LogP contribution in [0.15, 0.2) is 66.0 Å². The second-order valence-electron chi connectivity index (χ2n) is 6.31. The van der Waals surface area contributed by atoms with E-state index in [9.17, 15) is 0 Å². The van der Waals surface area contributed by atoms with Crippen LogP contribution in [0.1, 0.15) is 11.3 Å². The lowest BCUT2D eigenvalue weighted by Gasteiger charge is -2.11. The van der Waals surface area contributed by atoms with Gasteiger partial charge in [-0.25, -0.2) is 4.98 Å². The van der Waals surface area contributed by atoms with E-state index in [1.54, 1.807) is 32.2 Å². The second kappa shape index (κ2) is 11.7. The van der Waals surface area contributed by atoms with Crippen LogP contribution in [0.25, 0.3) is 11.0 Å². The smallest absolute Gasteiger partial charge is 0.179 e. The number of ether oxygens (including phenoxy) is 3. The summed E-state index contributed by atoms with van der Waals surface area (Å²) in [6, 6.07) is 17.7. The van der Waals surface area contributed by atoms with Gasteiger partial charge in [-0.15, -0.1) is 24.8 Å². The van der Waals surface area contributed by atoms with E-state index < -0.39 is 0 Å². The van der Waals surface area contributed by atoms with Gasteiger partial charge in [-0.3, -0.25) is 4.98 Å². The summed E-state index contributed by atoms with van der Waals surface area (Å²) in [5, 5.41) is 0.832. The number of hydrogen-bond donors (Lipinski definition) is 1. The van der Waals surface area contributed by atoms with Crippen molar-refractivity contribution in [2.45, 2.75) is 17.5 Å². The van der Waals surface area contributed by atoms with E-state index in [0.29, 0.717) is 23.9 Å². The molecule has 0 aliphatic carbocycles. The standard InChI is InChI=1S/C22H21N3O3S.2ClH/c1-26-17-8-9-18-19(11-17)25-22(24-18)29-14-16-10-20(27-2)21(12-23-16)28-13-15-6-4-3-5-7-15;;/h3-12H,13-14H2,1-2H3,(H,24,25);2*1H. The van der Waals surface area contributed by atoms with Gasteiger partial charge in [0.25, 0.3) is 0 Å². The molecule has 2 aromatic carbocycles. The van der Waals surface area contributed by atoms with Crippen LogP contribution in [-0.2, 0) is 12.4 Å². The number of benzene rings is 2. The highest BCUT2D eigenvalue weighted by atomic mass is 35.5. The molecule has 4 rings (SSSR count). The molecule has 0 saturated heterocycles. The van der Waals surface area contributed by atoms with Crippen molar-refractivity contribution in [1.29, 1.82) is 0 Å². The summed E-state index contributed by atoms with van der Waals surface area (Å²) in [5.41, 5.74) is 3.83. The minimum atomic E-state index is 0. The van der Waals surface area contributed by atoms with Crippen molar-refractivity contribution in [3.63, 3.8) is 0 Å². The van der Waals surface area contributed by atoms with E-state index in [4.69, 9.17) is 14.2 Å². The zero-order chi connectivity index (χ0) is 20.1. The van der Waals surface area contributed by atoms with Gasteiger partial charge >= 0.3 is 0 Å². The van der Waals surface area contributed by atoms with Crippen LogP contribution in [-0.4, -0.2) is 29.2 Å². The van der Waals surface area contributed by atoms with Crippen molar-refractivity contribution in [3.05, 3.63) is 72.1 Å². The monoisotopic (exact) mass is 479 g/mol. The molecular weight excluding hydrogens is 457 g/mol. The Morgan fingerprint density at radius 3 is 2.48 bits per heavy atom. The molecule has 0 fully saturated rings. The molecule has 0 radical (unpaired) electrons. The molecule has 2 aromatic heterocycles. The lowest BCUT2D eigenvalue weighted by atomic mass is 10.2. The molecule has 6 nitrogen and oxygen atoms in total. The number of H-pyrrole nitrogens is 1. The summed E-state index contributed by atoms with van der Waals surface area (Å²) in [7, 11) is 3.29. The van der Waals surface area contributed by atoms with Crippen LogP contribution >= 0.6 is 36.6 Å². The highest BCUT2D eigenvalue weighted by Crippen LogP contribution is 2.30. The molecule has 164 valence electrons. The predicted octanol–water partition coefficient (Wildman–Crippen LogP) is 5.69. The first-order valence-corrected chi connectivity index (χ1v) is 10.1. The Kier molecular flexibility index (Phi) is 9.30. The number of thioether (sulfide) groups is 1. The molecule has 0 amide bonds. The average Bonchev–Trinajstić information content (AvgIpc) is 3.19. The zero-order valence-electron chi connectivity index (χ0n) is 17.0. The Morgan fingerprint density at radius 1 is 0.935 bits per heavy atom. The largest absolute Gasteiger partial charge is 0.497 e. The van der Waals surface area contributed by atoms with Crippen molar-refractivity contribution in [2.75, 3.05) is 14.2 Å². The van der Waals surface area contributed by atoms with Crippen LogP contribution in [0.4, 0.5) is 0 Å². The third-order valence-corrected chi connectivity index (χ3v) is 5.28. The van der Waals surface area contributed by atoms with E-state index >= 15 is 0 Å².